The summed E-state index contributed by atoms with van der Waals surface area (Å²) in [7, 11) is 1.94. The van der Waals surface area contributed by atoms with Gasteiger partial charge >= 0.3 is 0 Å². The molecule has 18 heavy (non-hydrogen) atoms. The Labute approximate surface area is 110 Å². The van der Waals surface area contributed by atoms with E-state index in [2.05, 4.69) is 41.0 Å². The van der Waals surface area contributed by atoms with Crippen LogP contribution in [0.15, 0.2) is 0 Å². The van der Waals surface area contributed by atoms with Crippen molar-refractivity contribution in [1.82, 2.24) is 14.9 Å². The molecule has 1 aromatic rings. The van der Waals surface area contributed by atoms with Crippen molar-refractivity contribution >= 4 is 5.82 Å². The molecular formula is C14H24N4. The van der Waals surface area contributed by atoms with Crippen molar-refractivity contribution in [2.45, 2.75) is 46.1 Å². The molecule has 1 aromatic heterocycles. The van der Waals surface area contributed by atoms with Crippen molar-refractivity contribution in [1.29, 1.82) is 0 Å². The topological polar surface area (TPSA) is 41.1 Å². The van der Waals surface area contributed by atoms with Crippen molar-refractivity contribution in [3.63, 3.8) is 0 Å². The van der Waals surface area contributed by atoms with Crippen LogP contribution in [0.2, 0.25) is 0 Å². The van der Waals surface area contributed by atoms with Crippen LogP contribution >= 0.6 is 0 Å². The zero-order valence-electron chi connectivity index (χ0n) is 12.0. The van der Waals surface area contributed by atoms with Gasteiger partial charge < -0.3 is 5.32 Å². The average molecular weight is 248 g/mol. The Kier molecular flexibility index (Phi) is 4.17. The second-order valence-corrected chi connectivity index (χ2v) is 5.38. The average Bonchev–Trinajstić information content (AvgIpc) is 2.80. The highest BCUT2D eigenvalue weighted by Gasteiger charge is 2.17. The van der Waals surface area contributed by atoms with Crippen LogP contribution in [0.5, 0.6) is 0 Å². The van der Waals surface area contributed by atoms with E-state index in [9.17, 15) is 0 Å². The quantitative estimate of drug-likeness (QED) is 0.889. The molecule has 100 valence electrons. The van der Waals surface area contributed by atoms with Crippen LogP contribution in [-0.4, -0.2) is 35.0 Å². The standard InChI is InChI=1S/C14H24N4/c1-10(2)13-11(3)16-12(17-14(13)15-4)9-18-7-5-6-8-18/h10H,5-9H2,1-4H3,(H,15,16,17). The molecule has 1 aliphatic rings. The van der Waals surface area contributed by atoms with E-state index >= 15 is 0 Å². The maximum absolute atomic E-state index is 4.67. The summed E-state index contributed by atoms with van der Waals surface area (Å²) in [5.41, 5.74) is 2.35. The lowest BCUT2D eigenvalue weighted by molar-refractivity contribution is 0.322. The number of aromatic nitrogens is 2. The Bertz CT molecular complexity index is 409. The highest BCUT2D eigenvalue weighted by atomic mass is 15.2. The van der Waals surface area contributed by atoms with E-state index in [0.29, 0.717) is 5.92 Å². The third-order valence-corrected chi connectivity index (χ3v) is 3.56. The maximum atomic E-state index is 4.67. The Balaban J connectivity index is 2.24. The fourth-order valence-electron chi connectivity index (χ4n) is 2.73. The Morgan fingerprint density at radius 3 is 2.44 bits per heavy atom. The summed E-state index contributed by atoms with van der Waals surface area (Å²) in [5.74, 6) is 2.39. The van der Waals surface area contributed by atoms with Gasteiger partial charge in [-0.1, -0.05) is 13.8 Å². The molecule has 0 unspecified atom stereocenters. The van der Waals surface area contributed by atoms with E-state index in [1.807, 2.05) is 7.05 Å². The van der Waals surface area contributed by atoms with Crippen LogP contribution in [0, 0.1) is 6.92 Å². The van der Waals surface area contributed by atoms with Gasteiger partial charge in [-0.05, 0) is 38.8 Å². The Morgan fingerprint density at radius 2 is 1.89 bits per heavy atom. The van der Waals surface area contributed by atoms with Crippen molar-refractivity contribution in [3.05, 3.63) is 17.1 Å². The van der Waals surface area contributed by atoms with Crippen molar-refractivity contribution in [2.24, 2.45) is 0 Å². The minimum Gasteiger partial charge on any atom is -0.373 e. The number of likely N-dealkylation sites (tertiary alicyclic amines) is 1. The number of anilines is 1. The van der Waals surface area contributed by atoms with Crippen LogP contribution in [0.25, 0.3) is 0 Å². The molecule has 4 heteroatoms. The van der Waals surface area contributed by atoms with Crippen molar-refractivity contribution < 1.29 is 0 Å². The first-order valence-corrected chi connectivity index (χ1v) is 6.89. The molecule has 0 spiro atoms. The van der Waals surface area contributed by atoms with Gasteiger partial charge in [-0.25, -0.2) is 9.97 Å². The lowest BCUT2D eigenvalue weighted by atomic mass is 10.0. The number of hydrogen-bond donors (Lipinski definition) is 1. The number of nitrogens with one attached hydrogen (secondary N) is 1. The minimum atomic E-state index is 0.452. The highest BCUT2D eigenvalue weighted by Crippen LogP contribution is 2.25. The first kappa shape index (κ1) is 13.3. The van der Waals surface area contributed by atoms with Gasteiger partial charge in [-0.15, -0.1) is 0 Å². The molecule has 4 nitrogen and oxygen atoms in total. The summed E-state index contributed by atoms with van der Waals surface area (Å²) in [6, 6.07) is 0. The molecule has 0 aromatic carbocycles. The summed E-state index contributed by atoms with van der Waals surface area (Å²) < 4.78 is 0. The van der Waals surface area contributed by atoms with Gasteiger partial charge in [0.25, 0.3) is 0 Å². The van der Waals surface area contributed by atoms with Crippen LogP contribution in [-0.2, 0) is 6.54 Å². The van der Waals surface area contributed by atoms with Gasteiger partial charge in [-0.2, -0.15) is 0 Å². The molecule has 0 amide bonds. The molecule has 0 aliphatic carbocycles. The SMILES string of the molecule is CNc1nc(CN2CCCC2)nc(C)c1C(C)C. The second kappa shape index (κ2) is 5.65. The summed E-state index contributed by atoms with van der Waals surface area (Å²) in [4.78, 5) is 11.8. The first-order valence-electron chi connectivity index (χ1n) is 6.89. The predicted molar refractivity (Wildman–Crippen MR) is 74.9 cm³/mol. The summed E-state index contributed by atoms with van der Waals surface area (Å²) in [6.07, 6.45) is 2.61. The lowest BCUT2D eigenvalue weighted by Gasteiger charge is -2.18. The number of hydrogen-bond acceptors (Lipinski definition) is 4. The molecule has 2 rings (SSSR count). The third kappa shape index (κ3) is 2.80. The first-order chi connectivity index (χ1) is 8.61. The van der Waals surface area contributed by atoms with Gasteiger partial charge in [0.2, 0.25) is 0 Å². The zero-order valence-corrected chi connectivity index (χ0v) is 12.0. The fraction of sp³-hybridized carbons (Fsp3) is 0.714. The van der Waals surface area contributed by atoms with Gasteiger partial charge in [-0.3, -0.25) is 4.90 Å². The summed E-state index contributed by atoms with van der Waals surface area (Å²) in [5, 5.41) is 3.21. The minimum absolute atomic E-state index is 0.452. The van der Waals surface area contributed by atoms with Gasteiger partial charge in [0.1, 0.15) is 11.6 Å². The molecule has 1 N–H and O–H groups in total. The van der Waals surface area contributed by atoms with E-state index in [0.717, 1.165) is 23.9 Å². The van der Waals surface area contributed by atoms with E-state index < -0.39 is 0 Å². The molecule has 0 bridgehead atoms. The van der Waals surface area contributed by atoms with Gasteiger partial charge in [0.15, 0.2) is 0 Å². The third-order valence-electron chi connectivity index (χ3n) is 3.56. The van der Waals surface area contributed by atoms with Crippen LogP contribution in [0.1, 0.15) is 49.7 Å². The van der Waals surface area contributed by atoms with E-state index in [4.69, 9.17) is 0 Å². The normalized spacial score (nSPS) is 16.5. The Morgan fingerprint density at radius 1 is 1.22 bits per heavy atom. The molecule has 1 aliphatic heterocycles. The Hall–Kier alpha value is -1.16. The predicted octanol–water partition coefficient (Wildman–Crippen LogP) is 2.55. The van der Waals surface area contributed by atoms with E-state index in [-0.39, 0.29) is 0 Å². The van der Waals surface area contributed by atoms with Gasteiger partial charge in [0.05, 0.1) is 6.54 Å². The molecule has 1 saturated heterocycles. The highest BCUT2D eigenvalue weighted by molar-refractivity contribution is 5.47. The molecular weight excluding hydrogens is 224 g/mol. The zero-order chi connectivity index (χ0) is 13.1. The van der Waals surface area contributed by atoms with Crippen molar-refractivity contribution in [3.8, 4) is 0 Å². The van der Waals surface area contributed by atoms with Crippen LogP contribution in [0.4, 0.5) is 5.82 Å². The molecule has 0 saturated carbocycles. The number of nitrogens with zero attached hydrogens (tertiary/aromatic N) is 3. The van der Waals surface area contributed by atoms with E-state index in [1.54, 1.807) is 0 Å². The number of rotatable bonds is 4. The molecule has 0 atom stereocenters. The second-order valence-electron chi connectivity index (χ2n) is 5.38. The molecule has 1 fully saturated rings. The molecule has 2 heterocycles. The van der Waals surface area contributed by atoms with Crippen LogP contribution < -0.4 is 5.32 Å². The van der Waals surface area contributed by atoms with Gasteiger partial charge in [0, 0.05) is 18.3 Å². The monoisotopic (exact) mass is 248 g/mol. The fourth-order valence-corrected chi connectivity index (χ4v) is 2.73. The number of aryl methyl sites for hydroxylation is 1. The summed E-state index contributed by atoms with van der Waals surface area (Å²) >= 11 is 0. The maximum Gasteiger partial charge on any atom is 0.144 e. The van der Waals surface area contributed by atoms with E-state index in [1.165, 1.54) is 31.5 Å². The lowest BCUT2D eigenvalue weighted by Crippen LogP contribution is -2.21. The smallest absolute Gasteiger partial charge is 0.144 e. The molecule has 0 radical (unpaired) electrons. The van der Waals surface area contributed by atoms with Crippen LogP contribution in [0.3, 0.4) is 0 Å². The summed E-state index contributed by atoms with van der Waals surface area (Å²) in [6.45, 7) is 9.71. The largest absolute Gasteiger partial charge is 0.373 e. The van der Waals surface area contributed by atoms with Crippen molar-refractivity contribution in [2.75, 3.05) is 25.5 Å².